The highest BCUT2D eigenvalue weighted by molar-refractivity contribution is 8.00. The van der Waals surface area contributed by atoms with Crippen molar-refractivity contribution >= 4 is 29.5 Å². The molecule has 0 aliphatic carbocycles. The molecular formula is C12H14N4S2. The largest absolute Gasteiger partial charge is 0.368 e. The monoisotopic (exact) mass is 278 g/mol. The lowest BCUT2D eigenvalue weighted by molar-refractivity contribution is 0.791. The molecule has 0 amide bonds. The first-order valence-electron chi connectivity index (χ1n) is 5.75. The van der Waals surface area contributed by atoms with Gasteiger partial charge in [0.15, 0.2) is 5.16 Å². The summed E-state index contributed by atoms with van der Waals surface area (Å²) in [5, 5.41) is 8.84. The second-order valence-corrected chi connectivity index (χ2v) is 6.31. The summed E-state index contributed by atoms with van der Waals surface area (Å²) in [4.78, 5) is 1.42. The molecule has 1 aromatic heterocycles. The summed E-state index contributed by atoms with van der Waals surface area (Å²) < 4.78 is 1.83. The van der Waals surface area contributed by atoms with Gasteiger partial charge in [0, 0.05) is 29.4 Å². The molecule has 2 aromatic rings. The summed E-state index contributed by atoms with van der Waals surface area (Å²) in [5.74, 6) is 3.24. The van der Waals surface area contributed by atoms with Crippen LogP contribution in [0.3, 0.4) is 0 Å². The van der Waals surface area contributed by atoms with Crippen molar-refractivity contribution in [3.05, 3.63) is 29.8 Å². The van der Waals surface area contributed by atoms with Crippen molar-refractivity contribution in [2.24, 2.45) is 7.05 Å². The van der Waals surface area contributed by atoms with Crippen molar-refractivity contribution < 1.29 is 0 Å². The van der Waals surface area contributed by atoms with E-state index in [9.17, 15) is 0 Å². The molecule has 1 atom stereocenters. The number of fused-ring (bicyclic) bond motifs is 1. The Kier molecular flexibility index (Phi) is 3.22. The van der Waals surface area contributed by atoms with E-state index in [1.165, 1.54) is 10.5 Å². The molecule has 0 radical (unpaired) electrons. The highest BCUT2D eigenvalue weighted by Crippen LogP contribution is 2.41. The molecule has 2 heterocycles. The van der Waals surface area contributed by atoms with Gasteiger partial charge in [-0.2, -0.15) is 0 Å². The van der Waals surface area contributed by atoms with Crippen LogP contribution in [-0.4, -0.2) is 26.3 Å². The first-order chi connectivity index (χ1) is 8.75. The van der Waals surface area contributed by atoms with Crippen molar-refractivity contribution in [3.63, 3.8) is 0 Å². The minimum Gasteiger partial charge on any atom is -0.368 e. The molecule has 6 heteroatoms. The first-order valence-corrected chi connectivity index (χ1v) is 7.72. The molecule has 1 aliphatic heterocycles. The molecule has 0 saturated carbocycles. The zero-order chi connectivity index (χ0) is 12.5. The number of thioether (sulfide) groups is 2. The van der Waals surface area contributed by atoms with Crippen molar-refractivity contribution in [2.75, 3.05) is 17.2 Å². The van der Waals surface area contributed by atoms with Gasteiger partial charge in [-0.1, -0.05) is 30.0 Å². The van der Waals surface area contributed by atoms with Crippen LogP contribution in [0.5, 0.6) is 0 Å². The second kappa shape index (κ2) is 4.85. The van der Waals surface area contributed by atoms with E-state index in [1.807, 2.05) is 23.4 Å². The van der Waals surface area contributed by atoms with Gasteiger partial charge in [-0.3, -0.25) is 4.57 Å². The Morgan fingerprint density at radius 2 is 2.28 bits per heavy atom. The number of nitrogens with zero attached hydrogens (tertiary/aromatic N) is 3. The molecule has 1 aliphatic rings. The zero-order valence-electron chi connectivity index (χ0n) is 10.0. The molecule has 1 unspecified atom stereocenters. The van der Waals surface area contributed by atoms with E-state index in [0.717, 1.165) is 16.7 Å². The van der Waals surface area contributed by atoms with Crippen LogP contribution in [0.4, 0.5) is 5.95 Å². The maximum atomic E-state index is 5.67. The summed E-state index contributed by atoms with van der Waals surface area (Å²) in [6, 6.07) is 8.64. The SMILES string of the molecule is Cn1c(N)nnc1SCC1CSc2ccccc21. The fourth-order valence-corrected chi connectivity index (χ4v) is 4.43. The van der Waals surface area contributed by atoms with E-state index in [2.05, 4.69) is 34.5 Å². The molecule has 3 rings (SSSR count). The average Bonchev–Trinajstić information content (AvgIpc) is 2.94. The van der Waals surface area contributed by atoms with Gasteiger partial charge in [0.25, 0.3) is 0 Å². The molecule has 0 bridgehead atoms. The third kappa shape index (κ3) is 2.10. The molecule has 4 nitrogen and oxygen atoms in total. The number of hydrogen-bond donors (Lipinski definition) is 1. The third-order valence-corrected chi connectivity index (χ3v) is 5.52. The fraction of sp³-hybridized carbons (Fsp3) is 0.333. The van der Waals surface area contributed by atoms with Gasteiger partial charge in [0.05, 0.1) is 0 Å². The predicted molar refractivity (Wildman–Crippen MR) is 76.0 cm³/mol. The summed E-state index contributed by atoms with van der Waals surface area (Å²) in [6.45, 7) is 0. The average molecular weight is 278 g/mol. The maximum absolute atomic E-state index is 5.67. The maximum Gasteiger partial charge on any atom is 0.222 e. The lowest BCUT2D eigenvalue weighted by Gasteiger charge is -2.09. The number of nitrogens with two attached hydrogens (primary N) is 1. The molecule has 2 N–H and O–H groups in total. The molecular weight excluding hydrogens is 264 g/mol. The van der Waals surface area contributed by atoms with Crippen molar-refractivity contribution in [2.45, 2.75) is 16.0 Å². The van der Waals surface area contributed by atoms with E-state index >= 15 is 0 Å². The van der Waals surface area contributed by atoms with Crippen LogP contribution in [-0.2, 0) is 7.05 Å². The van der Waals surface area contributed by atoms with E-state index in [4.69, 9.17) is 5.73 Å². The Labute approximate surface area is 114 Å². The summed E-state index contributed by atoms with van der Waals surface area (Å²) in [5.41, 5.74) is 7.14. The fourth-order valence-electron chi connectivity index (χ4n) is 1.99. The van der Waals surface area contributed by atoms with Gasteiger partial charge in [-0.25, -0.2) is 0 Å². The third-order valence-electron chi connectivity index (χ3n) is 3.08. The topological polar surface area (TPSA) is 56.7 Å². The van der Waals surface area contributed by atoms with Crippen molar-refractivity contribution in [3.8, 4) is 0 Å². The van der Waals surface area contributed by atoms with Crippen LogP contribution in [0.1, 0.15) is 11.5 Å². The molecule has 1 aromatic carbocycles. The number of nitrogen functional groups attached to an aromatic ring is 1. The van der Waals surface area contributed by atoms with Gasteiger partial charge in [-0.15, -0.1) is 22.0 Å². The van der Waals surface area contributed by atoms with E-state index in [1.54, 1.807) is 11.8 Å². The van der Waals surface area contributed by atoms with Crippen LogP contribution in [0.2, 0.25) is 0 Å². The van der Waals surface area contributed by atoms with Gasteiger partial charge >= 0.3 is 0 Å². The number of hydrogen-bond acceptors (Lipinski definition) is 5. The molecule has 94 valence electrons. The number of benzene rings is 1. The van der Waals surface area contributed by atoms with Gasteiger partial charge in [0.2, 0.25) is 5.95 Å². The first kappa shape index (κ1) is 11.9. The molecule has 0 fully saturated rings. The summed E-state index contributed by atoms with van der Waals surface area (Å²) >= 11 is 3.66. The standard InChI is InChI=1S/C12H14N4S2/c1-16-11(13)14-15-12(16)18-7-8-6-17-10-5-3-2-4-9(8)10/h2-5,8H,6-7H2,1H3,(H2,13,14). The quantitative estimate of drug-likeness (QED) is 0.874. The van der Waals surface area contributed by atoms with E-state index in [0.29, 0.717) is 11.9 Å². The van der Waals surface area contributed by atoms with Crippen molar-refractivity contribution in [1.29, 1.82) is 0 Å². The van der Waals surface area contributed by atoms with Crippen LogP contribution in [0, 0.1) is 0 Å². The lowest BCUT2D eigenvalue weighted by Crippen LogP contribution is -2.03. The highest BCUT2D eigenvalue weighted by Gasteiger charge is 2.23. The van der Waals surface area contributed by atoms with E-state index in [-0.39, 0.29) is 0 Å². The minimum absolute atomic E-state index is 0.471. The van der Waals surface area contributed by atoms with Crippen LogP contribution in [0.25, 0.3) is 0 Å². The van der Waals surface area contributed by atoms with Crippen LogP contribution >= 0.6 is 23.5 Å². The summed E-state index contributed by atoms with van der Waals surface area (Å²) in [7, 11) is 1.90. The smallest absolute Gasteiger partial charge is 0.222 e. The van der Waals surface area contributed by atoms with Gasteiger partial charge in [-0.05, 0) is 11.6 Å². The minimum atomic E-state index is 0.471. The number of anilines is 1. The Morgan fingerprint density at radius 3 is 3.06 bits per heavy atom. The normalized spacial score (nSPS) is 17.9. The highest BCUT2D eigenvalue weighted by atomic mass is 32.2. The predicted octanol–water partition coefficient (Wildman–Crippen LogP) is 2.38. The Balaban J connectivity index is 1.70. The van der Waals surface area contributed by atoms with Crippen LogP contribution < -0.4 is 5.73 Å². The second-order valence-electron chi connectivity index (χ2n) is 4.26. The lowest BCUT2D eigenvalue weighted by atomic mass is 10.0. The van der Waals surface area contributed by atoms with Crippen LogP contribution in [0.15, 0.2) is 34.3 Å². The summed E-state index contributed by atoms with van der Waals surface area (Å²) in [6.07, 6.45) is 0. The molecule has 0 spiro atoms. The Hall–Kier alpha value is -1.14. The number of aromatic nitrogens is 3. The number of rotatable bonds is 3. The van der Waals surface area contributed by atoms with E-state index < -0.39 is 0 Å². The Bertz CT molecular complexity index is 567. The zero-order valence-corrected chi connectivity index (χ0v) is 11.7. The van der Waals surface area contributed by atoms with Crippen molar-refractivity contribution in [1.82, 2.24) is 14.8 Å². The Morgan fingerprint density at radius 1 is 1.44 bits per heavy atom. The van der Waals surface area contributed by atoms with Gasteiger partial charge < -0.3 is 5.73 Å². The molecule has 18 heavy (non-hydrogen) atoms. The van der Waals surface area contributed by atoms with Gasteiger partial charge in [0.1, 0.15) is 0 Å². The molecule has 0 saturated heterocycles.